The van der Waals surface area contributed by atoms with Crippen LogP contribution in [0, 0.1) is 12.3 Å². The summed E-state index contributed by atoms with van der Waals surface area (Å²) in [4.78, 5) is 12.0. The van der Waals surface area contributed by atoms with Crippen molar-refractivity contribution in [2.45, 2.75) is 12.8 Å². The Bertz CT molecular complexity index is 353. The van der Waals surface area contributed by atoms with Crippen molar-refractivity contribution in [3.05, 3.63) is 21.3 Å². The van der Waals surface area contributed by atoms with Crippen molar-refractivity contribution >= 4 is 28.8 Å². The molecule has 74 valence electrons. The Morgan fingerprint density at radius 3 is 3.07 bits per heavy atom. The second-order valence-corrected chi connectivity index (χ2v) is 3.98. The standard InChI is InChI=1S/C10H10ClNOS/c1-2-3-4-6-12-10(13)9-8(11)5-7-14-9/h1,5,7H,3-4,6H2,(H,12,13). The molecule has 0 spiro atoms. The van der Waals surface area contributed by atoms with Crippen LogP contribution in [0.25, 0.3) is 0 Å². The van der Waals surface area contributed by atoms with Gasteiger partial charge in [-0.1, -0.05) is 11.6 Å². The zero-order chi connectivity index (χ0) is 10.4. The lowest BCUT2D eigenvalue weighted by Crippen LogP contribution is -2.23. The Morgan fingerprint density at radius 1 is 1.71 bits per heavy atom. The maximum Gasteiger partial charge on any atom is 0.262 e. The van der Waals surface area contributed by atoms with Crippen molar-refractivity contribution in [3.8, 4) is 12.3 Å². The first kappa shape index (κ1) is 11.1. The molecule has 0 unspecified atom stereocenters. The maximum atomic E-state index is 11.5. The van der Waals surface area contributed by atoms with Crippen molar-refractivity contribution in [2.24, 2.45) is 0 Å². The van der Waals surface area contributed by atoms with E-state index in [2.05, 4.69) is 11.2 Å². The fourth-order valence-electron chi connectivity index (χ4n) is 0.928. The van der Waals surface area contributed by atoms with E-state index in [4.69, 9.17) is 18.0 Å². The van der Waals surface area contributed by atoms with Gasteiger partial charge in [-0.05, 0) is 17.9 Å². The molecule has 0 radical (unpaired) electrons. The van der Waals surface area contributed by atoms with Gasteiger partial charge in [0.1, 0.15) is 4.88 Å². The minimum atomic E-state index is -0.123. The Hall–Kier alpha value is -0.980. The van der Waals surface area contributed by atoms with Crippen LogP contribution in [0.1, 0.15) is 22.5 Å². The zero-order valence-electron chi connectivity index (χ0n) is 7.55. The number of rotatable bonds is 4. The van der Waals surface area contributed by atoms with Crippen molar-refractivity contribution in [1.29, 1.82) is 0 Å². The summed E-state index contributed by atoms with van der Waals surface area (Å²) in [5.41, 5.74) is 0. The quantitative estimate of drug-likeness (QED) is 0.622. The van der Waals surface area contributed by atoms with Crippen LogP contribution in [0.3, 0.4) is 0 Å². The molecule has 2 nitrogen and oxygen atoms in total. The molecule has 1 rings (SSSR count). The number of unbranched alkanes of at least 4 members (excludes halogenated alkanes) is 1. The number of amides is 1. The number of hydrogen-bond donors (Lipinski definition) is 1. The third-order valence-corrected chi connectivity index (χ3v) is 2.95. The number of halogens is 1. The van der Waals surface area contributed by atoms with E-state index < -0.39 is 0 Å². The van der Waals surface area contributed by atoms with Gasteiger partial charge in [0.05, 0.1) is 5.02 Å². The number of thiophene rings is 1. The minimum absolute atomic E-state index is 0.123. The van der Waals surface area contributed by atoms with Gasteiger partial charge in [-0.2, -0.15) is 0 Å². The summed E-state index contributed by atoms with van der Waals surface area (Å²) in [6.45, 7) is 0.595. The van der Waals surface area contributed by atoms with Crippen molar-refractivity contribution in [3.63, 3.8) is 0 Å². The molecule has 1 N–H and O–H groups in total. The average molecular weight is 228 g/mol. The van der Waals surface area contributed by atoms with E-state index in [1.54, 1.807) is 11.4 Å². The highest BCUT2D eigenvalue weighted by atomic mass is 35.5. The third kappa shape index (κ3) is 3.06. The average Bonchev–Trinajstić information content (AvgIpc) is 2.59. The summed E-state index contributed by atoms with van der Waals surface area (Å²) in [6.07, 6.45) is 6.56. The van der Waals surface area contributed by atoms with Crippen molar-refractivity contribution in [2.75, 3.05) is 6.54 Å². The van der Waals surface area contributed by atoms with E-state index in [1.165, 1.54) is 11.3 Å². The van der Waals surface area contributed by atoms with Crippen molar-refractivity contribution in [1.82, 2.24) is 5.32 Å². The molecule has 1 aromatic heterocycles. The summed E-state index contributed by atoms with van der Waals surface area (Å²) in [7, 11) is 0. The second-order valence-electron chi connectivity index (χ2n) is 2.66. The van der Waals surface area contributed by atoms with Gasteiger partial charge >= 0.3 is 0 Å². The molecule has 1 aromatic rings. The molecule has 4 heteroatoms. The lowest BCUT2D eigenvalue weighted by molar-refractivity contribution is 0.0957. The minimum Gasteiger partial charge on any atom is -0.351 e. The van der Waals surface area contributed by atoms with Gasteiger partial charge in [-0.25, -0.2) is 0 Å². The Morgan fingerprint density at radius 2 is 2.50 bits per heavy atom. The molecule has 0 aromatic carbocycles. The largest absolute Gasteiger partial charge is 0.351 e. The third-order valence-electron chi connectivity index (χ3n) is 1.61. The summed E-state index contributed by atoms with van der Waals surface area (Å²) in [5.74, 6) is 2.39. The Kier molecular flexibility index (Phi) is 4.51. The molecule has 0 atom stereocenters. The van der Waals surface area contributed by atoms with E-state index in [9.17, 15) is 4.79 Å². The lowest BCUT2D eigenvalue weighted by Gasteiger charge is -2.01. The molecule has 0 bridgehead atoms. The maximum absolute atomic E-state index is 11.5. The van der Waals surface area contributed by atoms with Gasteiger partial charge in [0, 0.05) is 13.0 Å². The molecule has 0 fully saturated rings. The van der Waals surface area contributed by atoms with Gasteiger partial charge in [-0.15, -0.1) is 23.7 Å². The van der Waals surface area contributed by atoms with Gasteiger partial charge in [0.15, 0.2) is 0 Å². The first-order valence-electron chi connectivity index (χ1n) is 4.20. The van der Waals surface area contributed by atoms with Gasteiger partial charge in [0.2, 0.25) is 0 Å². The fraction of sp³-hybridized carbons (Fsp3) is 0.300. The molecule has 1 amide bonds. The van der Waals surface area contributed by atoms with E-state index in [0.29, 0.717) is 22.9 Å². The van der Waals surface area contributed by atoms with Gasteiger partial charge < -0.3 is 5.32 Å². The van der Waals surface area contributed by atoms with E-state index in [1.807, 2.05) is 0 Å². The number of terminal acetylenes is 1. The first-order chi connectivity index (χ1) is 6.75. The zero-order valence-corrected chi connectivity index (χ0v) is 9.12. The van der Waals surface area contributed by atoms with E-state index >= 15 is 0 Å². The smallest absolute Gasteiger partial charge is 0.262 e. The number of carbonyl (C=O) groups is 1. The second kappa shape index (κ2) is 5.69. The molecule has 0 saturated heterocycles. The molecular weight excluding hydrogens is 218 g/mol. The summed E-state index contributed by atoms with van der Waals surface area (Å²) in [5, 5.41) is 5.05. The van der Waals surface area contributed by atoms with E-state index in [-0.39, 0.29) is 5.91 Å². The predicted octanol–water partition coefficient (Wildman–Crippen LogP) is 2.54. The topological polar surface area (TPSA) is 29.1 Å². The van der Waals surface area contributed by atoms with Crippen LogP contribution in [0.4, 0.5) is 0 Å². The van der Waals surface area contributed by atoms with E-state index in [0.717, 1.165) is 6.42 Å². The van der Waals surface area contributed by atoms with Crippen LogP contribution in [-0.2, 0) is 0 Å². The van der Waals surface area contributed by atoms with Crippen LogP contribution in [0.2, 0.25) is 5.02 Å². The van der Waals surface area contributed by atoms with Crippen LogP contribution in [0.5, 0.6) is 0 Å². The predicted molar refractivity (Wildman–Crippen MR) is 59.7 cm³/mol. The highest BCUT2D eigenvalue weighted by molar-refractivity contribution is 7.12. The monoisotopic (exact) mass is 227 g/mol. The lowest BCUT2D eigenvalue weighted by atomic mass is 10.3. The molecule has 0 aliphatic heterocycles. The van der Waals surface area contributed by atoms with Crippen LogP contribution in [0.15, 0.2) is 11.4 Å². The summed E-state index contributed by atoms with van der Waals surface area (Å²) in [6, 6.07) is 1.71. The number of hydrogen-bond acceptors (Lipinski definition) is 2. The molecule has 0 aliphatic carbocycles. The molecule has 0 saturated carbocycles. The number of nitrogens with one attached hydrogen (secondary N) is 1. The Labute approximate surface area is 92.3 Å². The van der Waals surface area contributed by atoms with Gasteiger partial charge in [0.25, 0.3) is 5.91 Å². The molecule has 0 aliphatic rings. The SMILES string of the molecule is C#CCCCNC(=O)c1sccc1Cl. The number of carbonyl (C=O) groups excluding carboxylic acids is 1. The highest BCUT2D eigenvalue weighted by Crippen LogP contribution is 2.21. The molecule has 14 heavy (non-hydrogen) atoms. The summed E-state index contributed by atoms with van der Waals surface area (Å²) >= 11 is 7.13. The van der Waals surface area contributed by atoms with Crippen LogP contribution >= 0.6 is 22.9 Å². The van der Waals surface area contributed by atoms with Gasteiger partial charge in [-0.3, -0.25) is 4.79 Å². The normalized spacial score (nSPS) is 9.43. The fourth-order valence-corrected chi connectivity index (χ4v) is 1.99. The Balaban J connectivity index is 2.37. The van der Waals surface area contributed by atoms with Crippen LogP contribution < -0.4 is 5.32 Å². The van der Waals surface area contributed by atoms with Crippen LogP contribution in [-0.4, -0.2) is 12.5 Å². The first-order valence-corrected chi connectivity index (χ1v) is 5.46. The molecular formula is C10H10ClNOS. The summed E-state index contributed by atoms with van der Waals surface area (Å²) < 4.78 is 0. The van der Waals surface area contributed by atoms with Crippen molar-refractivity contribution < 1.29 is 4.79 Å². The molecule has 1 heterocycles. The highest BCUT2D eigenvalue weighted by Gasteiger charge is 2.10.